The number of carbonyl (C=O) groups is 3. The topological polar surface area (TPSA) is 95.5 Å². The Hall–Kier alpha value is -2.37. The third kappa shape index (κ3) is 3.38. The second-order valence-electron chi connectivity index (χ2n) is 7.12. The number of benzene rings is 1. The van der Waals surface area contributed by atoms with Crippen LogP contribution in [-0.2, 0) is 14.4 Å². The van der Waals surface area contributed by atoms with E-state index in [1.807, 2.05) is 6.07 Å². The third-order valence-corrected chi connectivity index (χ3v) is 5.62. The van der Waals surface area contributed by atoms with Crippen molar-refractivity contribution in [1.82, 2.24) is 5.32 Å². The molecule has 3 N–H and O–H groups in total. The average molecular weight is 344 g/mol. The van der Waals surface area contributed by atoms with Gasteiger partial charge in [0.25, 0.3) is 0 Å². The maximum atomic E-state index is 12.9. The number of nitrogens with one attached hydrogen (secondary N) is 2. The summed E-state index contributed by atoms with van der Waals surface area (Å²) in [5, 5.41) is 15.3. The Morgan fingerprint density at radius 2 is 1.96 bits per heavy atom. The van der Waals surface area contributed by atoms with Crippen molar-refractivity contribution in [3.63, 3.8) is 0 Å². The van der Waals surface area contributed by atoms with Gasteiger partial charge in [-0.2, -0.15) is 0 Å². The largest absolute Gasteiger partial charge is 0.480 e. The van der Waals surface area contributed by atoms with Crippen LogP contribution in [0.2, 0.25) is 0 Å². The summed E-state index contributed by atoms with van der Waals surface area (Å²) in [5.41, 5.74) is 0.145. The number of carboxylic acid groups (broad SMARTS) is 1. The van der Waals surface area contributed by atoms with E-state index >= 15 is 0 Å². The highest BCUT2D eigenvalue weighted by molar-refractivity contribution is 6.02. The van der Waals surface area contributed by atoms with Gasteiger partial charge in [0.05, 0.1) is 5.92 Å². The second-order valence-corrected chi connectivity index (χ2v) is 7.12. The summed E-state index contributed by atoms with van der Waals surface area (Å²) in [6.07, 6.45) is 3.53. The highest BCUT2D eigenvalue weighted by atomic mass is 16.4. The van der Waals surface area contributed by atoms with Crippen LogP contribution in [0.3, 0.4) is 0 Å². The summed E-state index contributed by atoms with van der Waals surface area (Å²) in [6, 6.07) is 7.17. The summed E-state index contributed by atoms with van der Waals surface area (Å²) >= 11 is 0. The molecule has 2 aliphatic rings. The van der Waals surface area contributed by atoms with Gasteiger partial charge < -0.3 is 15.7 Å². The summed E-state index contributed by atoms with van der Waals surface area (Å²) in [7, 11) is 0. The molecule has 0 saturated heterocycles. The molecule has 1 aromatic carbocycles. The predicted octanol–water partition coefficient (Wildman–Crippen LogP) is 2.65. The first-order chi connectivity index (χ1) is 11.9. The summed E-state index contributed by atoms with van der Waals surface area (Å²) < 4.78 is 0. The van der Waals surface area contributed by atoms with E-state index in [1.54, 1.807) is 18.2 Å². The Balaban J connectivity index is 1.81. The van der Waals surface area contributed by atoms with Crippen LogP contribution < -0.4 is 10.6 Å². The van der Waals surface area contributed by atoms with Crippen LogP contribution >= 0.6 is 0 Å². The van der Waals surface area contributed by atoms with Crippen LogP contribution in [0, 0.1) is 5.92 Å². The van der Waals surface area contributed by atoms with Crippen molar-refractivity contribution >= 4 is 23.5 Å². The van der Waals surface area contributed by atoms with Gasteiger partial charge in [0, 0.05) is 12.1 Å². The molecular weight excluding hydrogens is 320 g/mol. The monoisotopic (exact) mass is 344 g/mol. The number of hydrogen-bond donors (Lipinski definition) is 3. The van der Waals surface area contributed by atoms with Gasteiger partial charge in [-0.3, -0.25) is 9.59 Å². The Bertz CT molecular complexity index is 692. The maximum absolute atomic E-state index is 12.9. The zero-order valence-electron chi connectivity index (χ0n) is 14.4. The molecule has 134 valence electrons. The quantitative estimate of drug-likeness (QED) is 0.782. The van der Waals surface area contributed by atoms with Crippen molar-refractivity contribution in [1.29, 1.82) is 0 Å². The number of rotatable bonds is 4. The van der Waals surface area contributed by atoms with Crippen molar-refractivity contribution in [2.24, 2.45) is 5.92 Å². The summed E-state index contributed by atoms with van der Waals surface area (Å²) in [4.78, 5) is 36.7. The third-order valence-electron chi connectivity index (χ3n) is 5.62. The summed E-state index contributed by atoms with van der Waals surface area (Å²) in [6.45, 7) is 2.11. The fourth-order valence-electron chi connectivity index (χ4n) is 3.94. The number of amides is 2. The maximum Gasteiger partial charge on any atom is 0.329 e. The van der Waals surface area contributed by atoms with E-state index in [1.165, 1.54) is 0 Å². The zero-order chi connectivity index (χ0) is 18.0. The van der Waals surface area contributed by atoms with Gasteiger partial charge >= 0.3 is 5.97 Å². The number of anilines is 1. The van der Waals surface area contributed by atoms with Crippen molar-refractivity contribution in [2.45, 2.75) is 56.9 Å². The molecular formula is C19H24N2O4. The number of para-hydroxylation sites is 1. The lowest BCUT2D eigenvalue weighted by Gasteiger charge is -2.38. The van der Waals surface area contributed by atoms with Crippen LogP contribution in [0.5, 0.6) is 0 Å². The lowest BCUT2D eigenvalue weighted by Crippen LogP contribution is -2.57. The number of fused-ring (bicyclic) bond motifs is 1. The molecule has 6 nitrogen and oxygen atoms in total. The van der Waals surface area contributed by atoms with Crippen LogP contribution in [0.25, 0.3) is 0 Å². The molecule has 1 heterocycles. The first kappa shape index (κ1) is 17.5. The second kappa shape index (κ2) is 6.86. The molecule has 6 heteroatoms. The van der Waals surface area contributed by atoms with E-state index in [9.17, 15) is 19.5 Å². The minimum atomic E-state index is -1.22. The van der Waals surface area contributed by atoms with Crippen LogP contribution in [-0.4, -0.2) is 28.4 Å². The standard InChI is InChI=1S/C19H24N2O4/c1-2-12-7-9-19(10-8-12,18(24)25)21-17(23)14-11-16(22)20-15-6-4-3-5-13(14)15/h3-6,12,14H,2,7-11H2,1H3,(H,20,22)(H,21,23)(H,24,25). The lowest BCUT2D eigenvalue weighted by molar-refractivity contribution is -0.150. The Labute approximate surface area is 147 Å². The predicted molar refractivity (Wildman–Crippen MR) is 93.2 cm³/mol. The molecule has 0 bridgehead atoms. The Morgan fingerprint density at radius 3 is 2.60 bits per heavy atom. The van der Waals surface area contributed by atoms with Crippen molar-refractivity contribution in [2.75, 3.05) is 5.32 Å². The minimum Gasteiger partial charge on any atom is -0.480 e. The molecule has 1 aliphatic heterocycles. The first-order valence-electron chi connectivity index (χ1n) is 8.89. The molecule has 1 atom stereocenters. The number of carboxylic acids is 1. The molecule has 0 spiro atoms. The summed E-state index contributed by atoms with van der Waals surface area (Å²) in [5.74, 6) is -1.71. The number of aliphatic carboxylic acids is 1. The number of carbonyl (C=O) groups excluding carboxylic acids is 2. The van der Waals surface area contributed by atoms with E-state index < -0.39 is 17.4 Å². The molecule has 0 radical (unpaired) electrons. The van der Waals surface area contributed by atoms with Gasteiger partial charge in [-0.05, 0) is 43.2 Å². The average Bonchev–Trinajstić information content (AvgIpc) is 2.61. The normalized spacial score (nSPS) is 28.6. The van der Waals surface area contributed by atoms with Crippen molar-refractivity contribution < 1.29 is 19.5 Å². The van der Waals surface area contributed by atoms with Gasteiger partial charge in [0.1, 0.15) is 5.54 Å². The Morgan fingerprint density at radius 1 is 1.28 bits per heavy atom. The van der Waals surface area contributed by atoms with Crippen LogP contribution in [0.15, 0.2) is 24.3 Å². The van der Waals surface area contributed by atoms with Crippen LogP contribution in [0.4, 0.5) is 5.69 Å². The SMILES string of the molecule is CCC1CCC(NC(=O)C2CC(=O)Nc3ccccc32)(C(=O)O)CC1. The smallest absolute Gasteiger partial charge is 0.329 e. The van der Waals surface area contributed by atoms with Crippen molar-refractivity contribution in [3.05, 3.63) is 29.8 Å². The first-order valence-corrected chi connectivity index (χ1v) is 8.89. The molecule has 1 saturated carbocycles. The van der Waals surface area contributed by atoms with Gasteiger partial charge in [0.2, 0.25) is 11.8 Å². The van der Waals surface area contributed by atoms with Crippen LogP contribution in [0.1, 0.15) is 56.9 Å². The highest BCUT2D eigenvalue weighted by Crippen LogP contribution is 2.36. The molecule has 1 fully saturated rings. The molecule has 2 amide bonds. The minimum absolute atomic E-state index is 0.0378. The fraction of sp³-hybridized carbons (Fsp3) is 0.526. The van der Waals surface area contributed by atoms with Gasteiger partial charge in [-0.15, -0.1) is 0 Å². The van der Waals surface area contributed by atoms with Gasteiger partial charge in [-0.25, -0.2) is 4.79 Å². The molecule has 1 aromatic rings. The number of hydrogen-bond acceptors (Lipinski definition) is 3. The zero-order valence-corrected chi connectivity index (χ0v) is 14.4. The van der Waals surface area contributed by atoms with Gasteiger partial charge in [0.15, 0.2) is 0 Å². The molecule has 1 aliphatic carbocycles. The molecule has 1 unspecified atom stereocenters. The van der Waals surface area contributed by atoms with E-state index in [0.29, 0.717) is 24.4 Å². The molecule has 3 rings (SSSR count). The molecule has 0 aromatic heterocycles. The van der Waals surface area contributed by atoms with Crippen molar-refractivity contribution in [3.8, 4) is 0 Å². The van der Waals surface area contributed by atoms with E-state index in [4.69, 9.17) is 0 Å². The van der Waals surface area contributed by atoms with E-state index in [-0.39, 0.29) is 18.2 Å². The lowest BCUT2D eigenvalue weighted by atomic mass is 9.75. The van der Waals surface area contributed by atoms with E-state index in [0.717, 1.165) is 24.8 Å². The molecule has 25 heavy (non-hydrogen) atoms. The Kier molecular flexibility index (Phi) is 4.79. The fourth-order valence-corrected chi connectivity index (χ4v) is 3.94. The van der Waals surface area contributed by atoms with E-state index in [2.05, 4.69) is 17.6 Å². The van der Waals surface area contributed by atoms with Gasteiger partial charge in [-0.1, -0.05) is 31.5 Å². The highest BCUT2D eigenvalue weighted by Gasteiger charge is 2.44.